The predicted molar refractivity (Wildman–Crippen MR) is 200 cm³/mol. The van der Waals surface area contributed by atoms with Gasteiger partial charge in [0.15, 0.2) is 0 Å². The standard InChI is InChI=1S/C39H56N6O3/c1-25(42-31-23-29(47-9)21-27-15-17-33(38(3,4)5)44-35(27)31)13-11-19-40-37(46)41-20-12-14-26(2)43-32-24-30(48-10)22-28-16-18-34(39(6,7)8)45-36(28)32/h15-18,21-26,42-43H,11-14,19-20H2,1-10H3,(H2,40,41,46). The van der Waals surface area contributed by atoms with Gasteiger partial charge >= 0.3 is 6.03 Å². The van der Waals surface area contributed by atoms with Crippen LogP contribution in [0.25, 0.3) is 21.8 Å². The van der Waals surface area contributed by atoms with Gasteiger partial charge in [0.05, 0.1) is 36.6 Å². The highest BCUT2D eigenvalue weighted by atomic mass is 16.5. The zero-order chi connectivity index (χ0) is 35.1. The van der Waals surface area contributed by atoms with Gasteiger partial charge in [-0.3, -0.25) is 9.97 Å². The number of carbonyl (C=O) groups excluding carboxylic acids is 1. The SMILES string of the molecule is COc1cc(NC(C)CCCNC(=O)NCCCC(C)Nc2cc(OC)cc3ccc(C(C)(C)C)nc23)c2nc(C(C)(C)C)ccc2c1. The van der Waals surface area contributed by atoms with Crippen molar-refractivity contribution in [2.24, 2.45) is 0 Å². The molecule has 0 aliphatic rings. The number of carbonyl (C=O) groups is 1. The molecule has 2 aromatic heterocycles. The topological polar surface area (TPSA) is 109 Å². The summed E-state index contributed by atoms with van der Waals surface area (Å²) in [6.45, 7) is 18.6. The summed E-state index contributed by atoms with van der Waals surface area (Å²) in [5.74, 6) is 1.60. The van der Waals surface area contributed by atoms with Gasteiger partial charge in [0.2, 0.25) is 0 Å². The van der Waals surface area contributed by atoms with Crippen molar-refractivity contribution in [3.8, 4) is 11.5 Å². The zero-order valence-corrected chi connectivity index (χ0v) is 30.6. The number of amides is 2. The first-order chi connectivity index (χ1) is 22.7. The molecule has 0 saturated carbocycles. The minimum absolute atomic E-state index is 0.0427. The van der Waals surface area contributed by atoms with Crippen LogP contribution < -0.4 is 30.7 Å². The maximum Gasteiger partial charge on any atom is 0.314 e. The largest absolute Gasteiger partial charge is 0.497 e. The van der Waals surface area contributed by atoms with Crippen molar-refractivity contribution in [3.05, 3.63) is 59.9 Å². The van der Waals surface area contributed by atoms with E-state index >= 15 is 0 Å². The second kappa shape index (κ2) is 15.8. The molecule has 0 fully saturated rings. The molecule has 48 heavy (non-hydrogen) atoms. The third-order valence-electron chi connectivity index (χ3n) is 8.54. The van der Waals surface area contributed by atoms with Crippen LogP contribution in [0.2, 0.25) is 0 Å². The molecule has 0 aliphatic heterocycles. The quantitative estimate of drug-likeness (QED) is 0.101. The number of nitrogens with zero attached hydrogens (tertiary/aromatic N) is 2. The Morgan fingerprint density at radius 1 is 0.667 bits per heavy atom. The van der Waals surface area contributed by atoms with Gasteiger partial charge in [-0.25, -0.2) is 4.79 Å². The van der Waals surface area contributed by atoms with Crippen LogP contribution in [0.5, 0.6) is 11.5 Å². The number of pyridine rings is 2. The van der Waals surface area contributed by atoms with Crippen molar-refractivity contribution >= 4 is 39.2 Å². The third-order valence-corrected chi connectivity index (χ3v) is 8.54. The molecule has 4 rings (SSSR count). The molecule has 260 valence electrons. The molecule has 9 heteroatoms. The number of aromatic nitrogens is 2. The van der Waals surface area contributed by atoms with E-state index in [1.807, 2.05) is 24.3 Å². The molecule has 0 bridgehead atoms. The van der Waals surface area contributed by atoms with E-state index in [-0.39, 0.29) is 28.9 Å². The summed E-state index contributed by atoms with van der Waals surface area (Å²) in [6.07, 6.45) is 3.49. The number of rotatable bonds is 14. The number of hydrogen-bond acceptors (Lipinski definition) is 7. The Balaban J connectivity index is 1.20. The first-order valence-corrected chi connectivity index (χ1v) is 17.2. The zero-order valence-electron chi connectivity index (χ0n) is 30.6. The molecule has 0 radical (unpaired) electrons. The Morgan fingerprint density at radius 3 is 1.42 bits per heavy atom. The monoisotopic (exact) mass is 656 g/mol. The summed E-state index contributed by atoms with van der Waals surface area (Å²) in [6, 6.07) is 16.7. The second-order valence-electron chi connectivity index (χ2n) is 14.9. The summed E-state index contributed by atoms with van der Waals surface area (Å²) in [5.41, 5.74) is 5.83. The summed E-state index contributed by atoms with van der Waals surface area (Å²) in [7, 11) is 3.37. The van der Waals surface area contributed by atoms with Crippen molar-refractivity contribution < 1.29 is 14.3 Å². The van der Waals surface area contributed by atoms with Crippen molar-refractivity contribution in [1.82, 2.24) is 20.6 Å². The van der Waals surface area contributed by atoms with E-state index in [2.05, 4.69) is 101 Å². The molecular formula is C39H56N6O3. The average Bonchev–Trinajstić information content (AvgIpc) is 3.03. The number of ether oxygens (including phenoxy) is 2. The molecule has 2 atom stereocenters. The number of fused-ring (bicyclic) bond motifs is 2. The highest BCUT2D eigenvalue weighted by molar-refractivity contribution is 5.93. The molecule has 9 nitrogen and oxygen atoms in total. The Bertz CT molecular complexity index is 1570. The van der Waals surface area contributed by atoms with Crippen LogP contribution >= 0.6 is 0 Å². The van der Waals surface area contributed by atoms with Gasteiger partial charge in [0, 0.05) is 70.3 Å². The van der Waals surface area contributed by atoms with E-state index in [0.717, 1.165) is 81.8 Å². The van der Waals surface area contributed by atoms with Gasteiger partial charge in [0.1, 0.15) is 11.5 Å². The lowest BCUT2D eigenvalue weighted by Gasteiger charge is -2.21. The first kappa shape index (κ1) is 36.6. The van der Waals surface area contributed by atoms with Gasteiger partial charge in [-0.1, -0.05) is 53.7 Å². The number of urea groups is 1. The number of nitrogens with one attached hydrogen (secondary N) is 4. The lowest BCUT2D eigenvalue weighted by Crippen LogP contribution is -2.37. The normalized spacial score (nSPS) is 13.2. The highest BCUT2D eigenvalue weighted by Gasteiger charge is 2.19. The van der Waals surface area contributed by atoms with Gasteiger partial charge in [-0.2, -0.15) is 0 Å². The number of anilines is 2. The number of methoxy groups -OCH3 is 2. The average molecular weight is 657 g/mol. The minimum Gasteiger partial charge on any atom is -0.497 e. The van der Waals surface area contributed by atoms with Crippen molar-refractivity contribution in [3.63, 3.8) is 0 Å². The highest BCUT2D eigenvalue weighted by Crippen LogP contribution is 2.33. The van der Waals surface area contributed by atoms with Gasteiger partial charge in [-0.05, 0) is 63.8 Å². The lowest BCUT2D eigenvalue weighted by atomic mass is 9.91. The van der Waals surface area contributed by atoms with E-state index in [4.69, 9.17) is 19.4 Å². The molecular weight excluding hydrogens is 600 g/mol. The molecule has 0 spiro atoms. The summed E-state index contributed by atoms with van der Waals surface area (Å²) >= 11 is 0. The smallest absolute Gasteiger partial charge is 0.314 e. The van der Waals surface area contributed by atoms with E-state index in [1.165, 1.54) is 0 Å². The van der Waals surface area contributed by atoms with E-state index in [0.29, 0.717) is 13.1 Å². The van der Waals surface area contributed by atoms with Crippen molar-refractivity contribution in [2.75, 3.05) is 37.9 Å². The third kappa shape index (κ3) is 9.87. The fraction of sp³-hybridized carbons (Fsp3) is 0.513. The van der Waals surface area contributed by atoms with Gasteiger partial charge < -0.3 is 30.7 Å². The molecule has 0 aliphatic carbocycles. The minimum atomic E-state index is -0.133. The van der Waals surface area contributed by atoms with Gasteiger partial charge in [-0.15, -0.1) is 0 Å². The summed E-state index contributed by atoms with van der Waals surface area (Å²) in [4.78, 5) is 22.5. The van der Waals surface area contributed by atoms with Crippen molar-refractivity contribution in [2.45, 2.75) is 104 Å². The van der Waals surface area contributed by atoms with Crippen LogP contribution in [-0.4, -0.2) is 55.4 Å². The molecule has 4 N–H and O–H groups in total. The first-order valence-electron chi connectivity index (χ1n) is 17.2. The van der Waals surface area contributed by atoms with Gasteiger partial charge in [0.25, 0.3) is 0 Å². The molecule has 0 saturated heterocycles. The fourth-order valence-corrected chi connectivity index (χ4v) is 5.66. The maximum absolute atomic E-state index is 12.5. The van der Waals surface area contributed by atoms with E-state index < -0.39 is 0 Å². The molecule has 2 unspecified atom stereocenters. The van der Waals surface area contributed by atoms with E-state index in [9.17, 15) is 4.79 Å². The van der Waals surface area contributed by atoms with Crippen LogP contribution in [-0.2, 0) is 10.8 Å². The molecule has 4 aromatic rings. The van der Waals surface area contributed by atoms with Crippen LogP contribution in [0.3, 0.4) is 0 Å². The summed E-state index contributed by atoms with van der Waals surface area (Å²) < 4.78 is 11.1. The lowest BCUT2D eigenvalue weighted by molar-refractivity contribution is 0.240. The Kier molecular flexibility index (Phi) is 12.0. The van der Waals surface area contributed by atoms with Crippen LogP contribution in [0.1, 0.15) is 92.5 Å². The predicted octanol–water partition coefficient (Wildman–Crippen LogP) is 8.56. The maximum atomic E-state index is 12.5. The Labute approximate surface area is 287 Å². The van der Waals surface area contributed by atoms with Crippen molar-refractivity contribution in [1.29, 1.82) is 0 Å². The van der Waals surface area contributed by atoms with E-state index in [1.54, 1.807) is 14.2 Å². The van der Waals surface area contributed by atoms with Crippen LogP contribution in [0.15, 0.2) is 48.5 Å². The Morgan fingerprint density at radius 2 is 1.06 bits per heavy atom. The molecule has 2 amide bonds. The molecule has 2 aromatic carbocycles. The molecule has 2 heterocycles. The second-order valence-corrected chi connectivity index (χ2v) is 14.9. The van der Waals surface area contributed by atoms with Crippen LogP contribution in [0, 0.1) is 0 Å². The number of benzene rings is 2. The Hall–Kier alpha value is -4.27. The fourth-order valence-electron chi connectivity index (χ4n) is 5.66. The number of hydrogen-bond donors (Lipinski definition) is 4. The summed E-state index contributed by atoms with van der Waals surface area (Å²) in [5, 5.41) is 15.4. The van der Waals surface area contributed by atoms with Crippen LogP contribution in [0.4, 0.5) is 16.2 Å².